The third-order valence-corrected chi connectivity index (χ3v) is 7.78. The minimum atomic E-state index is -3.93. The number of carbonyl (C=O) groups is 1. The molecule has 2 aromatic rings. The van der Waals surface area contributed by atoms with Crippen molar-refractivity contribution in [3.8, 4) is 11.1 Å². The zero-order valence-electron chi connectivity index (χ0n) is 17.7. The molecule has 1 aliphatic rings. The Morgan fingerprint density at radius 1 is 1.19 bits per heavy atom. The minimum absolute atomic E-state index is 0.0293. The summed E-state index contributed by atoms with van der Waals surface area (Å²) in [5.74, 6) is -0.945. The van der Waals surface area contributed by atoms with E-state index in [2.05, 4.69) is 37.3 Å². The van der Waals surface area contributed by atoms with Gasteiger partial charge in [-0.2, -0.15) is 4.31 Å². The summed E-state index contributed by atoms with van der Waals surface area (Å²) in [6.45, 7) is 2.62. The Kier molecular flexibility index (Phi) is 7.61. The van der Waals surface area contributed by atoms with Crippen LogP contribution >= 0.6 is 0 Å². The van der Waals surface area contributed by atoms with Crippen LogP contribution in [0.5, 0.6) is 0 Å². The number of hydrogen-bond donors (Lipinski definition) is 2. The van der Waals surface area contributed by atoms with Crippen molar-refractivity contribution in [2.24, 2.45) is 0 Å². The van der Waals surface area contributed by atoms with Gasteiger partial charge >= 0.3 is 0 Å². The van der Waals surface area contributed by atoms with Crippen LogP contribution in [0, 0.1) is 6.92 Å². The highest BCUT2D eigenvalue weighted by molar-refractivity contribution is 7.90. The quantitative estimate of drug-likeness (QED) is 0.482. The predicted molar refractivity (Wildman–Crippen MR) is 120 cm³/mol. The molecule has 8 heteroatoms. The van der Waals surface area contributed by atoms with Crippen molar-refractivity contribution in [3.05, 3.63) is 65.7 Å². The molecule has 2 aromatic carbocycles. The van der Waals surface area contributed by atoms with Crippen molar-refractivity contribution in [2.75, 3.05) is 26.8 Å². The van der Waals surface area contributed by atoms with E-state index in [-0.39, 0.29) is 26.1 Å². The maximum absolute atomic E-state index is 13.0. The van der Waals surface area contributed by atoms with Gasteiger partial charge in [-0.25, -0.2) is 13.9 Å². The molecule has 0 spiro atoms. The maximum atomic E-state index is 13.0. The fourth-order valence-electron chi connectivity index (χ4n) is 3.84. The lowest BCUT2D eigenvalue weighted by molar-refractivity contribution is -0.129. The Labute approximate surface area is 183 Å². The van der Waals surface area contributed by atoms with Gasteiger partial charge in [-0.3, -0.25) is 10.0 Å². The van der Waals surface area contributed by atoms with Gasteiger partial charge in [0, 0.05) is 26.8 Å². The molecule has 1 aliphatic heterocycles. The fourth-order valence-corrected chi connectivity index (χ4v) is 5.55. The van der Waals surface area contributed by atoms with Crippen LogP contribution in [0.1, 0.15) is 24.0 Å². The third kappa shape index (κ3) is 5.22. The summed E-state index contributed by atoms with van der Waals surface area (Å²) in [7, 11) is -2.50. The topological polar surface area (TPSA) is 95.9 Å². The lowest BCUT2D eigenvalue weighted by atomic mass is 9.94. The van der Waals surface area contributed by atoms with Gasteiger partial charge in [0.1, 0.15) is 0 Å². The van der Waals surface area contributed by atoms with E-state index < -0.39 is 21.2 Å². The van der Waals surface area contributed by atoms with E-state index in [0.717, 1.165) is 22.3 Å². The summed E-state index contributed by atoms with van der Waals surface area (Å²) in [6, 6.07) is 16.4. The van der Waals surface area contributed by atoms with Crippen molar-refractivity contribution >= 4 is 21.5 Å². The molecule has 31 heavy (non-hydrogen) atoms. The standard InChI is InChI=1S/C23H28N2O5S/c1-17-16-20(8-9-21(17)19-6-4-3-5-7-19)18-10-13-25(14-11-18)31(28,29)22(12-15-30-2)23(26)24-27/h3-10,16,22,27H,11-15H2,1-2H3,(H,24,26)/t22-/m1/s1. The summed E-state index contributed by atoms with van der Waals surface area (Å²) in [6.07, 6.45) is 2.40. The van der Waals surface area contributed by atoms with Crippen LogP contribution in [0.3, 0.4) is 0 Å². The SMILES string of the molecule is COCC[C@H](C(=O)NO)S(=O)(=O)N1CC=C(c2ccc(-c3ccccc3)c(C)c2)CC1. The molecule has 0 unspecified atom stereocenters. The first-order valence-corrected chi connectivity index (χ1v) is 11.7. The molecular formula is C23H28N2O5S. The van der Waals surface area contributed by atoms with E-state index >= 15 is 0 Å². The number of hydroxylamine groups is 1. The molecule has 7 nitrogen and oxygen atoms in total. The normalized spacial score (nSPS) is 15.9. The third-order valence-electron chi connectivity index (χ3n) is 5.56. The summed E-state index contributed by atoms with van der Waals surface area (Å²) in [5.41, 5.74) is 7.09. The lowest BCUT2D eigenvalue weighted by Gasteiger charge is -2.29. The molecule has 1 atom stereocenters. The molecule has 2 N–H and O–H groups in total. The first-order chi connectivity index (χ1) is 14.9. The van der Waals surface area contributed by atoms with Crippen LogP contribution in [0.2, 0.25) is 0 Å². The Bertz CT molecular complexity index is 1050. The number of sulfonamides is 1. The molecule has 166 valence electrons. The highest BCUT2D eigenvalue weighted by Crippen LogP contribution is 2.30. The van der Waals surface area contributed by atoms with Crippen LogP contribution in [0.25, 0.3) is 16.7 Å². The van der Waals surface area contributed by atoms with Gasteiger partial charge in [-0.05, 0) is 47.6 Å². The maximum Gasteiger partial charge on any atom is 0.263 e. The van der Waals surface area contributed by atoms with Crippen LogP contribution in [0.4, 0.5) is 0 Å². The molecule has 0 aromatic heterocycles. The Morgan fingerprint density at radius 3 is 2.52 bits per heavy atom. The van der Waals surface area contributed by atoms with Crippen molar-refractivity contribution in [3.63, 3.8) is 0 Å². The van der Waals surface area contributed by atoms with Crippen LogP contribution in [-0.4, -0.2) is 55.9 Å². The highest BCUT2D eigenvalue weighted by atomic mass is 32.2. The molecule has 0 bridgehead atoms. The van der Waals surface area contributed by atoms with E-state index in [0.29, 0.717) is 6.42 Å². The molecule has 0 fully saturated rings. The lowest BCUT2D eigenvalue weighted by Crippen LogP contribution is -2.48. The van der Waals surface area contributed by atoms with Gasteiger partial charge in [0.2, 0.25) is 10.0 Å². The summed E-state index contributed by atoms with van der Waals surface area (Å²) in [5, 5.41) is 7.56. The number of nitrogens with one attached hydrogen (secondary N) is 1. The van der Waals surface area contributed by atoms with E-state index in [4.69, 9.17) is 9.94 Å². The zero-order valence-corrected chi connectivity index (χ0v) is 18.6. The first-order valence-electron chi connectivity index (χ1n) is 10.2. The minimum Gasteiger partial charge on any atom is -0.385 e. The zero-order chi connectivity index (χ0) is 22.4. The molecule has 0 saturated carbocycles. The van der Waals surface area contributed by atoms with Crippen molar-refractivity contribution < 1.29 is 23.2 Å². The molecule has 3 rings (SSSR count). The molecule has 1 heterocycles. The summed E-state index contributed by atoms with van der Waals surface area (Å²) in [4.78, 5) is 11.9. The molecule has 1 amide bonds. The number of carbonyl (C=O) groups excluding carboxylic acids is 1. The average molecular weight is 445 g/mol. The average Bonchev–Trinajstić information content (AvgIpc) is 2.79. The largest absolute Gasteiger partial charge is 0.385 e. The van der Waals surface area contributed by atoms with Crippen LogP contribution in [-0.2, 0) is 19.6 Å². The molecular weight excluding hydrogens is 416 g/mol. The van der Waals surface area contributed by atoms with Crippen LogP contribution in [0.15, 0.2) is 54.6 Å². The number of rotatable bonds is 8. The number of aryl methyl sites for hydroxylation is 1. The van der Waals surface area contributed by atoms with E-state index in [1.807, 2.05) is 24.3 Å². The number of methoxy groups -OCH3 is 1. The summed E-state index contributed by atoms with van der Waals surface area (Å²) < 4.78 is 32.1. The fraction of sp³-hybridized carbons (Fsp3) is 0.348. The molecule has 0 saturated heterocycles. The van der Waals surface area contributed by atoms with Gasteiger partial charge in [0.15, 0.2) is 5.25 Å². The number of hydrogen-bond acceptors (Lipinski definition) is 5. The van der Waals surface area contributed by atoms with E-state index in [1.165, 1.54) is 22.5 Å². The van der Waals surface area contributed by atoms with Gasteiger partial charge in [-0.15, -0.1) is 0 Å². The van der Waals surface area contributed by atoms with Gasteiger partial charge in [0.05, 0.1) is 0 Å². The Balaban J connectivity index is 1.77. The van der Waals surface area contributed by atoms with Gasteiger partial charge < -0.3 is 4.74 Å². The van der Waals surface area contributed by atoms with E-state index in [1.54, 1.807) is 0 Å². The smallest absolute Gasteiger partial charge is 0.263 e. The number of amides is 1. The Hall–Kier alpha value is -2.52. The number of nitrogens with zero attached hydrogens (tertiary/aromatic N) is 1. The Morgan fingerprint density at radius 2 is 1.94 bits per heavy atom. The summed E-state index contributed by atoms with van der Waals surface area (Å²) >= 11 is 0. The monoisotopic (exact) mass is 444 g/mol. The first kappa shape index (κ1) is 23.1. The van der Waals surface area contributed by atoms with Crippen molar-refractivity contribution in [2.45, 2.75) is 25.0 Å². The van der Waals surface area contributed by atoms with Crippen molar-refractivity contribution in [1.29, 1.82) is 0 Å². The molecule has 0 radical (unpaired) electrons. The number of benzene rings is 2. The highest BCUT2D eigenvalue weighted by Gasteiger charge is 2.37. The van der Waals surface area contributed by atoms with Gasteiger partial charge in [0.25, 0.3) is 5.91 Å². The predicted octanol–water partition coefficient (Wildman–Crippen LogP) is 2.99. The number of ether oxygens (including phenoxy) is 1. The second kappa shape index (κ2) is 10.2. The van der Waals surface area contributed by atoms with Gasteiger partial charge in [-0.1, -0.05) is 54.6 Å². The molecule has 0 aliphatic carbocycles. The second-order valence-electron chi connectivity index (χ2n) is 7.52. The second-order valence-corrected chi connectivity index (χ2v) is 9.64. The van der Waals surface area contributed by atoms with Crippen LogP contribution < -0.4 is 5.48 Å². The van der Waals surface area contributed by atoms with Crippen molar-refractivity contribution in [1.82, 2.24) is 9.79 Å². The van der Waals surface area contributed by atoms with E-state index in [9.17, 15) is 13.2 Å².